The first-order valence-electron chi connectivity index (χ1n) is 9.37. The molecule has 0 radical (unpaired) electrons. The first kappa shape index (κ1) is 22.8. The molecule has 11 nitrogen and oxygen atoms in total. The van der Waals surface area contributed by atoms with Crippen LogP contribution in [0.2, 0.25) is 0 Å². The topological polar surface area (TPSA) is 169 Å². The van der Waals surface area contributed by atoms with Gasteiger partial charge in [-0.1, -0.05) is 13.8 Å². The molecule has 1 aromatic rings. The molecule has 0 saturated carbocycles. The Hall–Kier alpha value is -2.50. The summed E-state index contributed by atoms with van der Waals surface area (Å²) in [6.45, 7) is 4.54. The van der Waals surface area contributed by atoms with Crippen molar-refractivity contribution in [2.75, 3.05) is 18.9 Å². The molecule has 5 atom stereocenters. The fraction of sp³-hybridized carbons (Fsp3) is 0.667. The smallest absolute Gasteiger partial charge is 0.351 e. The number of esters is 2. The third-order valence-corrected chi connectivity index (χ3v) is 4.76. The number of nitrogens with two attached hydrogens (primary N) is 2. The standard InChI is InChI=1S/C18H28N4O7/c1-9(2)15(20)17(25)28-10(3)16(24)27-8-11-6-14(29-12(11)7-23)22-5-4-13(19)21-18(22)26/h4-5,9-12,14-15,23H,6-8,20H2,1-3H3,(H2,19,21,26)/t10?,11-,12-,14-,15?/m1/s1. The maximum Gasteiger partial charge on any atom is 0.351 e. The van der Waals surface area contributed by atoms with Crippen LogP contribution in [-0.4, -0.2) is 58.1 Å². The molecule has 0 bridgehead atoms. The molecular formula is C18H28N4O7. The summed E-state index contributed by atoms with van der Waals surface area (Å²) >= 11 is 0. The lowest BCUT2D eigenvalue weighted by Gasteiger charge is -2.20. The molecular weight excluding hydrogens is 384 g/mol. The molecule has 1 aromatic heterocycles. The van der Waals surface area contributed by atoms with Gasteiger partial charge in [0.05, 0.1) is 19.3 Å². The number of carbonyl (C=O) groups excluding carboxylic acids is 2. The molecule has 1 saturated heterocycles. The van der Waals surface area contributed by atoms with Crippen LogP contribution in [0.3, 0.4) is 0 Å². The minimum absolute atomic E-state index is 0.0736. The molecule has 0 aromatic carbocycles. The predicted molar refractivity (Wildman–Crippen MR) is 101 cm³/mol. The molecule has 1 aliphatic heterocycles. The highest BCUT2D eigenvalue weighted by Gasteiger charge is 2.37. The number of aliphatic hydroxyl groups excluding tert-OH is 1. The van der Waals surface area contributed by atoms with Crippen molar-refractivity contribution in [3.8, 4) is 0 Å². The Bertz CT molecular complexity index is 782. The second kappa shape index (κ2) is 9.81. The maximum absolute atomic E-state index is 12.1. The summed E-state index contributed by atoms with van der Waals surface area (Å²) in [4.78, 5) is 39.6. The SMILES string of the molecule is CC(OC(=O)C(N)C(C)C)C(=O)OC[C@H]1C[C@H](n2ccc(N)nc2=O)O[C@@H]1CO. The lowest BCUT2D eigenvalue weighted by atomic mass is 10.0. The Balaban J connectivity index is 1.92. The van der Waals surface area contributed by atoms with Gasteiger partial charge in [0.15, 0.2) is 6.10 Å². The molecule has 0 aliphatic carbocycles. The fourth-order valence-corrected chi connectivity index (χ4v) is 2.85. The van der Waals surface area contributed by atoms with Gasteiger partial charge >= 0.3 is 17.6 Å². The van der Waals surface area contributed by atoms with Crippen LogP contribution in [0.1, 0.15) is 33.4 Å². The van der Waals surface area contributed by atoms with Crippen LogP contribution < -0.4 is 17.2 Å². The van der Waals surface area contributed by atoms with E-state index in [-0.39, 0.29) is 30.9 Å². The molecule has 0 amide bonds. The Morgan fingerprint density at radius 2 is 2.07 bits per heavy atom. The van der Waals surface area contributed by atoms with E-state index >= 15 is 0 Å². The molecule has 2 heterocycles. The summed E-state index contributed by atoms with van der Waals surface area (Å²) in [5.41, 5.74) is 10.6. The molecule has 2 unspecified atom stereocenters. The molecule has 1 aliphatic rings. The van der Waals surface area contributed by atoms with E-state index in [1.165, 1.54) is 23.8 Å². The average Bonchev–Trinajstić information content (AvgIpc) is 3.07. The van der Waals surface area contributed by atoms with Crippen LogP contribution in [0, 0.1) is 11.8 Å². The van der Waals surface area contributed by atoms with Crippen LogP contribution in [0.25, 0.3) is 0 Å². The number of rotatable bonds is 8. The van der Waals surface area contributed by atoms with Crippen molar-refractivity contribution < 1.29 is 28.9 Å². The average molecular weight is 412 g/mol. The van der Waals surface area contributed by atoms with E-state index < -0.39 is 42.1 Å². The van der Waals surface area contributed by atoms with Gasteiger partial charge in [0.2, 0.25) is 0 Å². The van der Waals surface area contributed by atoms with Gasteiger partial charge in [-0.15, -0.1) is 0 Å². The first-order chi connectivity index (χ1) is 13.6. The predicted octanol–water partition coefficient (Wildman–Crippen LogP) is -0.820. The zero-order chi connectivity index (χ0) is 21.7. The van der Waals surface area contributed by atoms with E-state index in [0.717, 1.165) is 0 Å². The van der Waals surface area contributed by atoms with Crippen molar-refractivity contribution in [1.29, 1.82) is 0 Å². The number of nitrogens with zero attached hydrogens (tertiary/aromatic N) is 2. The number of nitrogen functional groups attached to an aromatic ring is 1. The van der Waals surface area contributed by atoms with E-state index in [1.54, 1.807) is 13.8 Å². The highest BCUT2D eigenvalue weighted by Crippen LogP contribution is 2.32. The van der Waals surface area contributed by atoms with Crippen LogP contribution in [0.4, 0.5) is 5.82 Å². The molecule has 1 fully saturated rings. The monoisotopic (exact) mass is 412 g/mol. The second-order valence-electron chi connectivity index (χ2n) is 7.33. The van der Waals surface area contributed by atoms with Crippen molar-refractivity contribution >= 4 is 17.8 Å². The van der Waals surface area contributed by atoms with Crippen molar-refractivity contribution in [2.45, 2.75) is 51.7 Å². The number of ether oxygens (including phenoxy) is 3. The number of hydrogen-bond donors (Lipinski definition) is 3. The molecule has 29 heavy (non-hydrogen) atoms. The van der Waals surface area contributed by atoms with Crippen molar-refractivity contribution in [3.05, 3.63) is 22.7 Å². The Morgan fingerprint density at radius 1 is 1.38 bits per heavy atom. The van der Waals surface area contributed by atoms with E-state index in [0.29, 0.717) is 6.42 Å². The molecule has 0 spiro atoms. The van der Waals surface area contributed by atoms with Gasteiger partial charge in [-0.25, -0.2) is 9.59 Å². The van der Waals surface area contributed by atoms with Gasteiger partial charge in [0, 0.05) is 18.5 Å². The third kappa shape index (κ3) is 5.75. The van der Waals surface area contributed by atoms with E-state index in [4.69, 9.17) is 25.7 Å². The summed E-state index contributed by atoms with van der Waals surface area (Å²) in [5.74, 6) is -1.82. The number of carbonyl (C=O) groups is 2. The summed E-state index contributed by atoms with van der Waals surface area (Å²) in [7, 11) is 0. The second-order valence-corrected chi connectivity index (χ2v) is 7.33. The number of hydrogen-bond acceptors (Lipinski definition) is 10. The quantitative estimate of drug-likeness (QED) is 0.458. The lowest BCUT2D eigenvalue weighted by Crippen LogP contribution is -2.40. The van der Waals surface area contributed by atoms with E-state index in [1.807, 2.05) is 0 Å². The zero-order valence-corrected chi connectivity index (χ0v) is 16.7. The van der Waals surface area contributed by atoms with Crippen molar-refractivity contribution in [1.82, 2.24) is 9.55 Å². The summed E-state index contributed by atoms with van der Waals surface area (Å²) in [6.07, 6.45) is -0.657. The van der Waals surface area contributed by atoms with E-state index in [2.05, 4.69) is 4.98 Å². The first-order valence-corrected chi connectivity index (χ1v) is 9.37. The normalized spacial score (nSPS) is 23.6. The largest absolute Gasteiger partial charge is 0.463 e. The van der Waals surface area contributed by atoms with Crippen molar-refractivity contribution in [3.63, 3.8) is 0 Å². The molecule has 162 valence electrons. The van der Waals surface area contributed by atoms with Crippen LogP contribution in [-0.2, 0) is 23.8 Å². The maximum atomic E-state index is 12.1. The zero-order valence-electron chi connectivity index (χ0n) is 16.7. The molecule has 11 heteroatoms. The van der Waals surface area contributed by atoms with Crippen LogP contribution in [0.5, 0.6) is 0 Å². The summed E-state index contributed by atoms with van der Waals surface area (Å²) in [6, 6.07) is 0.629. The van der Waals surface area contributed by atoms with Crippen LogP contribution >= 0.6 is 0 Å². The number of aliphatic hydroxyl groups is 1. The highest BCUT2D eigenvalue weighted by atomic mass is 16.6. The van der Waals surface area contributed by atoms with Gasteiger partial charge in [0.1, 0.15) is 18.1 Å². The minimum atomic E-state index is -1.12. The number of anilines is 1. The molecule has 2 rings (SSSR count). The summed E-state index contributed by atoms with van der Waals surface area (Å²) in [5, 5.41) is 9.55. The Labute approximate surface area is 167 Å². The molecule has 5 N–H and O–H groups in total. The van der Waals surface area contributed by atoms with Gasteiger partial charge in [-0.3, -0.25) is 9.36 Å². The Morgan fingerprint density at radius 3 is 2.66 bits per heavy atom. The minimum Gasteiger partial charge on any atom is -0.463 e. The van der Waals surface area contributed by atoms with Gasteiger partial charge < -0.3 is 30.8 Å². The highest BCUT2D eigenvalue weighted by molar-refractivity contribution is 5.81. The third-order valence-electron chi connectivity index (χ3n) is 4.76. The van der Waals surface area contributed by atoms with Crippen LogP contribution in [0.15, 0.2) is 17.1 Å². The van der Waals surface area contributed by atoms with Gasteiger partial charge in [-0.2, -0.15) is 4.98 Å². The van der Waals surface area contributed by atoms with E-state index in [9.17, 15) is 19.5 Å². The number of aromatic nitrogens is 2. The fourth-order valence-electron chi connectivity index (χ4n) is 2.85. The van der Waals surface area contributed by atoms with Crippen molar-refractivity contribution in [2.24, 2.45) is 17.6 Å². The van der Waals surface area contributed by atoms with Gasteiger partial charge in [-0.05, 0) is 18.9 Å². The lowest BCUT2D eigenvalue weighted by molar-refractivity contribution is -0.169. The Kier molecular flexibility index (Phi) is 7.71. The summed E-state index contributed by atoms with van der Waals surface area (Å²) < 4.78 is 17.2. The van der Waals surface area contributed by atoms with Gasteiger partial charge in [0.25, 0.3) is 0 Å².